The fourth-order valence-electron chi connectivity index (χ4n) is 2.62. The fourth-order valence-corrected chi connectivity index (χ4v) is 2.62. The fraction of sp³-hybridized carbons (Fsp3) is 0.538. The van der Waals surface area contributed by atoms with Gasteiger partial charge < -0.3 is 10.6 Å². The third-order valence-corrected chi connectivity index (χ3v) is 3.77. The standard InChI is InChI=1S/C13H17FN4O3/c1-8-6-10(18(20)21)7-16-13(8)17-4-2-9(3-5-17)11(14)12(15)19/h6-7,9,11H,2-5H2,1H3,(H2,15,19). The molecule has 1 aliphatic rings. The van der Waals surface area contributed by atoms with Crippen LogP contribution in [-0.2, 0) is 4.79 Å². The SMILES string of the molecule is Cc1cc([N+](=O)[O-])cnc1N1CCC(C(F)C(N)=O)CC1. The minimum atomic E-state index is -1.61. The molecule has 1 fully saturated rings. The van der Waals surface area contributed by atoms with Gasteiger partial charge in [0.2, 0.25) is 0 Å². The molecule has 8 heteroatoms. The zero-order chi connectivity index (χ0) is 15.6. The topological polar surface area (TPSA) is 102 Å². The highest BCUT2D eigenvalue weighted by Crippen LogP contribution is 2.28. The Balaban J connectivity index is 2.05. The molecule has 1 saturated heterocycles. The summed E-state index contributed by atoms with van der Waals surface area (Å²) in [4.78, 5) is 27.1. The summed E-state index contributed by atoms with van der Waals surface area (Å²) >= 11 is 0. The maximum Gasteiger partial charge on any atom is 0.287 e. The van der Waals surface area contributed by atoms with Crippen LogP contribution in [0.15, 0.2) is 12.3 Å². The van der Waals surface area contributed by atoms with E-state index in [0.717, 1.165) is 0 Å². The molecule has 0 aliphatic carbocycles. The quantitative estimate of drug-likeness (QED) is 0.667. The number of carbonyl (C=O) groups is 1. The van der Waals surface area contributed by atoms with Crippen molar-refractivity contribution in [1.82, 2.24) is 4.98 Å². The van der Waals surface area contributed by atoms with E-state index in [2.05, 4.69) is 4.98 Å². The van der Waals surface area contributed by atoms with Crippen LogP contribution < -0.4 is 10.6 Å². The number of carbonyl (C=O) groups excluding carboxylic acids is 1. The van der Waals surface area contributed by atoms with Crippen LogP contribution in [0.5, 0.6) is 0 Å². The Bertz CT molecular complexity index is 558. The monoisotopic (exact) mass is 296 g/mol. The van der Waals surface area contributed by atoms with Crippen molar-refractivity contribution in [2.24, 2.45) is 11.7 Å². The number of nitrogens with two attached hydrogens (primary N) is 1. The highest BCUT2D eigenvalue weighted by molar-refractivity contribution is 5.79. The van der Waals surface area contributed by atoms with Crippen LogP contribution >= 0.6 is 0 Å². The second-order valence-corrected chi connectivity index (χ2v) is 5.22. The van der Waals surface area contributed by atoms with E-state index in [0.29, 0.717) is 37.3 Å². The minimum Gasteiger partial charge on any atom is -0.367 e. The second kappa shape index (κ2) is 6.02. The predicted octanol–water partition coefficient (Wildman–Crippen LogP) is 1.34. The number of rotatable bonds is 4. The van der Waals surface area contributed by atoms with Gasteiger partial charge >= 0.3 is 0 Å². The van der Waals surface area contributed by atoms with Gasteiger partial charge in [0.15, 0.2) is 6.17 Å². The molecule has 2 rings (SSSR count). The van der Waals surface area contributed by atoms with Crippen molar-refractivity contribution in [2.45, 2.75) is 25.9 Å². The lowest BCUT2D eigenvalue weighted by molar-refractivity contribution is -0.385. The molecule has 114 valence electrons. The summed E-state index contributed by atoms with van der Waals surface area (Å²) < 4.78 is 13.6. The van der Waals surface area contributed by atoms with Crippen molar-refractivity contribution in [1.29, 1.82) is 0 Å². The third-order valence-electron chi connectivity index (χ3n) is 3.77. The summed E-state index contributed by atoms with van der Waals surface area (Å²) in [6.45, 7) is 2.84. The van der Waals surface area contributed by atoms with E-state index in [1.165, 1.54) is 12.3 Å². The first-order valence-corrected chi connectivity index (χ1v) is 6.69. The van der Waals surface area contributed by atoms with Gasteiger partial charge in [-0.3, -0.25) is 14.9 Å². The maximum atomic E-state index is 13.6. The molecule has 0 radical (unpaired) electrons. The van der Waals surface area contributed by atoms with E-state index >= 15 is 0 Å². The van der Waals surface area contributed by atoms with Crippen LogP contribution in [0.25, 0.3) is 0 Å². The Morgan fingerprint density at radius 3 is 2.67 bits per heavy atom. The molecule has 2 N–H and O–H groups in total. The number of aromatic nitrogens is 1. The number of alkyl halides is 1. The molecule has 1 amide bonds. The van der Waals surface area contributed by atoms with E-state index in [4.69, 9.17) is 5.73 Å². The van der Waals surface area contributed by atoms with Gasteiger partial charge in [0.25, 0.3) is 11.6 Å². The average molecular weight is 296 g/mol. The van der Waals surface area contributed by atoms with Crippen molar-refractivity contribution in [3.8, 4) is 0 Å². The Labute approximate surface area is 121 Å². The molecule has 0 bridgehead atoms. The molecule has 0 saturated carbocycles. The van der Waals surface area contributed by atoms with Crippen LogP contribution in [0.1, 0.15) is 18.4 Å². The molecular weight excluding hydrogens is 279 g/mol. The van der Waals surface area contributed by atoms with Crippen LogP contribution in [0.4, 0.5) is 15.9 Å². The summed E-state index contributed by atoms with van der Waals surface area (Å²) in [5, 5.41) is 10.7. The van der Waals surface area contributed by atoms with E-state index in [9.17, 15) is 19.3 Å². The van der Waals surface area contributed by atoms with Gasteiger partial charge in [-0.15, -0.1) is 0 Å². The third kappa shape index (κ3) is 3.26. The number of nitrogens with zero attached hydrogens (tertiary/aromatic N) is 3. The Hall–Kier alpha value is -2.25. The number of piperidine rings is 1. The van der Waals surface area contributed by atoms with Gasteiger partial charge in [-0.2, -0.15) is 0 Å². The number of amides is 1. The largest absolute Gasteiger partial charge is 0.367 e. The highest BCUT2D eigenvalue weighted by atomic mass is 19.1. The molecule has 1 unspecified atom stereocenters. The van der Waals surface area contributed by atoms with Crippen molar-refractivity contribution in [3.63, 3.8) is 0 Å². The Morgan fingerprint density at radius 1 is 1.57 bits per heavy atom. The van der Waals surface area contributed by atoms with Crippen LogP contribution in [-0.4, -0.2) is 35.1 Å². The molecule has 1 aromatic rings. The molecule has 0 spiro atoms. The molecule has 1 aliphatic heterocycles. The second-order valence-electron chi connectivity index (χ2n) is 5.22. The summed E-state index contributed by atoms with van der Waals surface area (Å²) in [7, 11) is 0. The number of primary amides is 1. The molecule has 21 heavy (non-hydrogen) atoms. The van der Waals surface area contributed by atoms with Gasteiger partial charge in [0.1, 0.15) is 12.0 Å². The predicted molar refractivity (Wildman–Crippen MR) is 74.7 cm³/mol. The zero-order valence-electron chi connectivity index (χ0n) is 11.7. The number of anilines is 1. The lowest BCUT2D eigenvalue weighted by Crippen LogP contribution is -2.41. The zero-order valence-corrected chi connectivity index (χ0v) is 11.7. The van der Waals surface area contributed by atoms with E-state index in [-0.39, 0.29) is 11.6 Å². The molecular formula is C13H17FN4O3. The van der Waals surface area contributed by atoms with Gasteiger partial charge in [0.05, 0.1) is 4.92 Å². The van der Waals surface area contributed by atoms with E-state index in [1.54, 1.807) is 6.92 Å². The minimum absolute atomic E-state index is 0.0521. The summed E-state index contributed by atoms with van der Waals surface area (Å²) in [6.07, 6.45) is 0.610. The van der Waals surface area contributed by atoms with E-state index < -0.39 is 17.0 Å². The smallest absolute Gasteiger partial charge is 0.287 e. The Morgan fingerprint density at radius 2 is 2.19 bits per heavy atom. The summed E-state index contributed by atoms with van der Waals surface area (Å²) in [6, 6.07) is 1.47. The van der Waals surface area contributed by atoms with Gasteiger partial charge in [-0.25, -0.2) is 9.37 Å². The molecule has 2 heterocycles. The van der Waals surface area contributed by atoms with Crippen molar-refractivity contribution in [2.75, 3.05) is 18.0 Å². The highest BCUT2D eigenvalue weighted by Gasteiger charge is 2.30. The first kappa shape index (κ1) is 15.1. The van der Waals surface area contributed by atoms with Crippen LogP contribution in [0.2, 0.25) is 0 Å². The van der Waals surface area contributed by atoms with Crippen molar-refractivity contribution in [3.05, 3.63) is 27.9 Å². The molecule has 0 aromatic carbocycles. The first-order chi connectivity index (χ1) is 9.90. The van der Waals surface area contributed by atoms with E-state index in [1.807, 2.05) is 4.90 Å². The molecule has 7 nitrogen and oxygen atoms in total. The number of aryl methyl sites for hydroxylation is 1. The molecule has 1 aromatic heterocycles. The summed E-state index contributed by atoms with van der Waals surface area (Å²) in [5.41, 5.74) is 5.63. The van der Waals surface area contributed by atoms with Crippen LogP contribution in [0, 0.1) is 23.0 Å². The number of pyridine rings is 1. The maximum absolute atomic E-state index is 13.6. The first-order valence-electron chi connectivity index (χ1n) is 6.69. The van der Waals surface area contributed by atoms with Gasteiger partial charge in [0, 0.05) is 25.1 Å². The van der Waals surface area contributed by atoms with Crippen LogP contribution in [0.3, 0.4) is 0 Å². The number of nitro groups is 1. The Kier molecular flexibility index (Phi) is 4.35. The lowest BCUT2D eigenvalue weighted by Gasteiger charge is -2.34. The van der Waals surface area contributed by atoms with Gasteiger partial charge in [-0.1, -0.05) is 0 Å². The normalized spacial score (nSPS) is 17.5. The average Bonchev–Trinajstić information content (AvgIpc) is 2.46. The lowest BCUT2D eigenvalue weighted by atomic mass is 9.91. The number of hydrogen-bond acceptors (Lipinski definition) is 5. The number of hydrogen-bond donors (Lipinski definition) is 1. The summed E-state index contributed by atoms with van der Waals surface area (Å²) in [5.74, 6) is -0.622. The van der Waals surface area contributed by atoms with Gasteiger partial charge in [-0.05, 0) is 25.3 Å². The number of halogens is 1. The van der Waals surface area contributed by atoms with Crippen molar-refractivity contribution >= 4 is 17.4 Å². The van der Waals surface area contributed by atoms with Crippen molar-refractivity contribution < 1.29 is 14.1 Å². The molecule has 1 atom stereocenters.